The van der Waals surface area contributed by atoms with Crippen LogP contribution >= 0.6 is 11.3 Å². The van der Waals surface area contributed by atoms with E-state index >= 15 is 0 Å². The van der Waals surface area contributed by atoms with E-state index in [0.717, 1.165) is 59.3 Å². The largest absolute Gasteiger partial charge is 0.352 e. The van der Waals surface area contributed by atoms with Crippen molar-refractivity contribution in [1.82, 2.24) is 25.2 Å². The molecular weight excluding hydrogens is 460 g/mol. The van der Waals surface area contributed by atoms with Gasteiger partial charge in [0.05, 0.1) is 22.4 Å². The Hall–Kier alpha value is -3.56. The molecule has 2 atom stereocenters. The minimum absolute atomic E-state index is 0.317. The van der Waals surface area contributed by atoms with Crippen LogP contribution in [0.3, 0.4) is 0 Å². The Labute approximate surface area is 205 Å². The van der Waals surface area contributed by atoms with Crippen LogP contribution in [0, 0.1) is 11.8 Å². The quantitative estimate of drug-likeness (QED) is 0.434. The molecular formula is C26H24N6O2S. The molecule has 2 saturated heterocycles. The van der Waals surface area contributed by atoms with E-state index in [1.165, 1.54) is 0 Å². The number of likely N-dealkylation sites (tertiary alicyclic amines) is 1. The molecule has 3 aliphatic rings. The molecule has 0 aliphatic carbocycles. The molecule has 3 aliphatic heterocycles. The van der Waals surface area contributed by atoms with Gasteiger partial charge in [0.2, 0.25) is 5.95 Å². The third kappa shape index (κ3) is 3.22. The van der Waals surface area contributed by atoms with Gasteiger partial charge < -0.3 is 14.8 Å². The van der Waals surface area contributed by atoms with E-state index in [1.54, 1.807) is 17.5 Å². The van der Waals surface area contributed by atoms with Crippen molar-refractivity contribution in [2.45, 2.75) is 6.42 Å². The first-order valence-electron chi connectivity index (χ1n) is 11.9. The summed E-state index contributed by atoms with van der Waals surface area (Å²) in [7, 11) is 2.18. The fourth-order valence-electron chi connectivity index (χ4n) is 5.97. The van der Waals surface area contributed by atoms with Gasteiger partial charge in [-0.25, -0.2) is 9.97 Å². The van der Waals surface area contributed by atoms with Crippen molar-refractivity contribution in [1.29, 1.82) is 0 Å². The maximum atomic E-state index is 13.2. The minimum atomic E-state index is -0.416. The summed E-state index contributed by atoms with van der Waals surface area (Å²) < 4.78 is 0. The molecule has 0 saturated carbocycles. The standard InChI is InChI=1S/C26H24N6O2S/c1-31-11-14-6-8-32(13-15(14)12-31)26-28-19-5-3-2-4-17(19)22(29-26)21-20(23(33)30-24(21)34)18-10-27-25-16(18)7-9-35-25/h2-5,7,9-10,14-15,27H,6,8,11-13H2,1H3,(H,30,33,34). The number of fused-ring (bicyclic) bond motifs is 3. The molecule has 1 aromatic carbocycles. The Morgan fingerprint density at radius 1 is 0.971 bits per heavy atom. The van der Waals surface area contributed by atoms with Crippen molar-refractivity contribution in [2.24, 2.45) is 11.8 Å². The Balaban J connectivity index is 1.41. The number of thiophene rings is 1. The molecule has 0 bridgehead atoms. The molecule has 9 heteroatoms. The molecule has 2 fully saturated rings. The third-order valence-electron chi connectivity index (χ3n) is 7.60. The van der Waals surface area contributed by atoms with Gasteiger partial charge in [-0.05, 0) is 42.8 Å². The molecule has 35 heavy (non-hydrogen) atoms. The van der Waals surface area contributed by atoms with Gasteiger partial charge in [-0.3, -0.25) is 14.9 Å². The lowest BCUT2D eigenvalue weighted by Gasteiger charge is -2.34. The number of aromatic amines is 1. The van der Waals surface area contributed by atoms with E-state index in [9.17, 15) is 9.59 Å². The highest BCUT2D eigenvalue weighted by Crippen LogP contribution is 2.39. The highest BCUT2D eigenvalue weighted by Gasteiger charge is 2.38. The summed E-state index contributed by atoms with van der Waals surface area (Å²) in [6.07, 6.45) is 2.91. The van der Waals surface area contributed by atoms with E-state index in [0.29, 0.717) is 34.6 Å². The highest BCUT2D eigenvalue weighted by molar-refractivity contribution is 7.16. The van der Waals surface area contributed by atoms with Gasteiger partial charge in [0.25, 0.3) is 11.8 Å². The van der Waals surface area contributed by atoms with Crippen molar-refractivity contribution in [3.8, 4) is 0 Å². The number of hydrogen-bond donors (Lipinski definition) is 2. The Bertz CT molecular complexity index is 1550. The maximum Gasteiger partial charge on any atom is 0.261 e. The lowest BCUT2D eigenvalue weighted by Crippen LogP contribution is -2.41. The summed E-state index contributed by atoms with van der Waals surface area (Å²) in [5.41, 5.74) is 2.69. The SMILES string of the molecule is CN1CC2CCN(c3nc(C4=C(c5c[nH]c6sccc56)C(=O)NC4=O)c4ccccc4n3)CC2C1. The van der Waals surface area contributed by atoms with Crippen molar-refractivity contribution in [3.05, 3.63) is 53.2 Å². The number of carbonyl (C=O) groups is 2. The number of carbonyl (C=O) groups excluding carboxylic acids is 2. The average Bonchev–Trinajstić information content (AvgIpc) is 3.61. The van der Waals surface area contributed by atoms with Gasteiger partial charge in [0.1, 0.15) is 4.83 Å². The van der Waals surface area contributed by atoms with Crippen LogP contribution < -0.4 is 10.2 Å². The van der Waals surface area contributed by atoms with Gasteiger partial charge in [0, 0.05) is 48.7 Å². The zero-order chi connectivity index (χ0) is 23.7. The number of para-hydroxylation sites is 1. The van der Waals surface area contributed by atoms with Crippen LogP contribution in [-0.2, 0) is 9.59 Å². The zero-order valence-corrected chi connectivity index (χ0v) is 20.1. The summed E-state index contributed by atoms with van der Waals surface area (Å²) in [5, 5.41) is 6.19. The number of imide groups is 1. The van der Waals surface area contributed by atoms with Crippen molar-refractivity contribution < 1.29 is 9.59 Å². The molecule has 2 amide bonds. The number of aromatic nitrogens is 3. The first kappa shape index (κ1) is 20.8. The predicted octanol–water partition coefficient (Wildman–Crippen LogP) is 3.13. The summed E-state index contributed by atoms with van der Waals surface area (Å²) in [4.78, 5) is 45.0. The van der Waals surface area contributed by atoms with Crippen molar-refractivity contribution >= 4 is 61.4 Å². The lowest BCUT2D eigenvalue weighted by atomic mass is 9.89. The molecule has 3 aromatic heterocycles. The maximum absolute atomic E-state index is 13.2. The summed E-state index contributed by atoms with van der Waals surface area (Å²) >= 11 is 1.57. The number of benzene rings is 1. The lowest BCUT2D eigenvalue weighted by molar-refractivity contribution is -0.122. The van der Waals surface area contributed by atoms with Gasteiger partial charge in [-0.2, -0.15) is 0 Å². The molecule has 176 valence electrons. The number of nitrogens with zero attached hydrogens (tertiary/aromatic N) is 4. The van der Waals surface area contributed by atoms with Crippen LogP contribution in [0.2, 0.25) is 0 Å². The summed E-state index contributed by atoms with van der Waals surface area (Å²) in [5.74, 6) is 1.12. The number of piperidine rings is 1. The Morgan fingerprint density at radius 3 is 2.71 bits per heavy atom. The van der Waals surface area contributed by atoms with E-state index in [-0.39, 0.29) is 0 Å². The van der Waals surface area contributed by atoms with Crippen LogP contribution in [0.4, 0.5) is 5.95 Å². The average molecular weight is 485 g/mol. The smallest absolute Gasteiger partial charge is 0.261 e. The number of hydrogen-bond acceptors (Lipinski definition) is 7. The zero-order valence-electron chi connectivity index (χ0n) is 19.2. The molecule has 0 spiro atoms. The number of anilines is 1. The van der Waals surface area contributed by atoms with Crippen molar-refractivity contribution in [3.63, 3.8) is 0 Å². The molecule has 0 radical (unpaired) electrons. The van der Waals surface area contributed by atoms with E-state index in [2.05, 4.69) is 27.1 Å². The number of H-pyrrole nitrogens is 1. The molecule has 2 N–H and O–H groups in total. The molecule has 8 nitrogen and oxygen atoms in total. The van der Waals surface area contributed by atoms with Gasteiger partial charge in [-0.1, -0.05) is 18.2 Å². The van der Waals surface area contributed by atoms with Gasteiger partial charge in [0.15, 0.2) is 0 Å². The monoisotopic (exact) mass is 484 g/mol. The summed E-state index contributed by atoms with van der Waals surface area (Å²) in [6.45, 7) is 4.01. The first-order valence-corrected chi connectivity index (χ1v) is 12.8. The van der Waals surface area contributed by atoms with Crippen LogP contribution in [0.1, 0.15) is 17.7 Å². The fourth-order valence-corrected chi connectivity index (χ4v) is 6.75. The molecule has 7 rings (SSSR count). The number of nitrogens with one attached hydrogen (secondary N) is 2. The molecule has 2 unspecified atom stereocenters. The van der Waals surface area contributed by atoms with Crippen LogP contribution in [0.15, 0.2) is 41.9 Å². The van der Waals surface area contributed by atoms with E-state index < -0.39 is 11.8 Å². The second-order valence-corrected chi connectivity index (χ2v) is 10.7. The molecule has 6 heterocycles. The van der Waals surface area contributed by atoms with E-state index in [1.807, 2.05) is 35.7 Å². The summed E-state index contributed by atoms with van der Waals surface area (Å²) in [6, 6.07) is 9.69. The van der Waals surface area contributed by atoms with Gasteiger partial charge >= 0.3 is 0 Å². The van der Waals surface area contributed by atoms with Crippen molar-refractivity contribution in [2.75, 3.05) is 38.1 Å². The minimum Gasteiger partial charge on any atom is -0.352 e. The van der Waals surface area contributed by atoms with Crippen LogP contribution in [0.25, 0.3) is 32.3 Å². The van der Waals surface area contributed by atoms with Gasteiger partial charge in [-0.15, -0.1) is 11.3 Å². The van der Waals surface area contributed by atoms with Crippen LogP contribution in [-0.4, -0.2) is 64.9 Å². The third-order valence-corrected chi connectivity index (χ3v) is 8.44. The fraction of sp³-hybridized carbons (Fsp3) is 0.308. The second-order valence-electron chi connectivity index (χ2n) is 9.76. The number of amides is 2. The predicted molar refractivity (Wildman–Crippen MR) is 137 cm³/mol. The first-order chi connectivity index (χ1) is 17.1. The topological polar surface area (TPSA) is 94.2 Å². The second kappa shape index (κ2) is 7.73. The Kier molecular flexibility index (Phi) is 4.59. The van der Waals surface area contributed by atoms with E-state index in [4.69, 9.17) is 9.97 Å². The Morgan fingerprint density at radius 2 is 1.80 bits per heavy atom. The highest BCUT2D eigenvalue weighted by atomic mass is 32.1. The molecule has 4 aromatic rings. The van der Waals surface area contributed by atoms with Crippen LogP contribution in [0.5, 0.6) is 0 Å². The number of rotatable bonds is 3. The normalized spacial score (nSPS) is 23.1.